The quantitative estimate of drug-likeness (QED) is 0.925. The second kappa shape index (κ2) is 6.31. The highest BCUT2D eigenvalue weighted by molar-refractivity contribution is 9.10. The van der Waals surface area contributed by atoms with E-state index in [1.165, 1.54) is 12.8 Å². The predicted molar refractivity (Wildman–Crippen MR) is 73.1 cm³/mol. The van der Waals surface area contributed by atoms with Crippen molar-refractivity contribution in [3.05, 3.63) is 34.3 Å². The molecule has 0 bridgehead atoms. The molecule has 1 aromatic carbocycles. The number of carbonyl (C=O) groups is 1. The Labute approximate surface area is 111 Å². The summed E-state index contributed by atoms with van der Waals surface area (Å²) in [5.74, 6) is 0.893. The van der Waals surface area contributed by atoms with Gasteiger partial charge in [-0.1, -0.05) is 34.1 Å². The summed E-state index contributed by atoms with van der Waals surface area (Å²) in [4.78, 5) is 12.0. The minimum Gasteiger partial charge on any atom is -0.316 e. The van der Waals surface area contributed by atoms with Gasteiger partial charge in [0.25, 0.3) is 0 Å². The summed E-state index contributed by atoms with van der Waals surface area (Å²) < 4.78 is 1.04. The summed E-state index contributed by atoms with van der Waals surface area (Å²) in [5, 5.41) is 3.35. The topological polar surface area (TPSA) is 29.1 Å². The average molecular weight is 296 g/mol. The van der Waals surface area contributed by atoms with Gasteiger partial charge in [-0.2, -0.15) is 0 Å². The first-order valence-electron chi connectivity index (χ1n) is 6.21. The lowest BCUT2D eigenvalue weighted by Gasteiger charge is -2.21. The van der Waals surface area contributed by atoms with Gasteiger partial charge in [0.1, 0.15) is 5.78 Å². The van der Waals surface area contributed by atoms with Crippen LogP contribution in [0.15, 0.2) is 28.7 Å². The molecule has 1 N–H and O–H groups in total. The van der Waals surface area contributed by atoms with Crippen molar-refractivity contribution in [3.63, 3.8) is 0 Å². The van der Waals surface area contributed by atoms with Gasteiger partial charge >= 0.3 is 0 Å². The van der Waals surface area contributed by atoms with Crippen LogP contribution in [0.3, 0.4) is 0 Å². The van der Waals surface area contributed by atoms with Crippen LogP contribution in [0.4, 0.5) is 0 Å². The molecule has 1 heterocycles. The number of piperidine rings is 1. The molecule has 92 valence electrons. The molecule has 1 aliphatic rings. The fourth-order valence-corrected chi connectivity index (χ4v) is 2.77. The summed E-state index contributed by atoms with van der Waals surface area (Å²) in [6, 6.07) is 7.96. The van der Waals surface area contributed by atoms with Crippen LogP contribution < -0.4 is 5.32 Å². The monoisotopic (exact) mass is 295 g/mol. The van der Waals surface area contributed by atoms with Gasteiger partial charge in [-0.05, 0) is 43.5 Å². The maximum atomic E-state index is 12.0. The van der Waals surface area contributed by atoms with E-state index in [4.69, 9.17) is 0 Å². The first-order chi connectivity index (χ1) is 8.25. The Bertz CT molecular complexity index is 386. The van der Waals surface area contributed by atoms with Gasteiger partial charge in [-0.3, -0.25) is 4.79 Å². The molecule has 1 saturated heterocycles. The van der Waals surface area contributed by atoms with Crippen LogP contribution in [0.2, 0.25) is 0 Å². The van der Waals surface area contributed by atoms with Crippen molar-refractivity contribution in [1.29, 1.82) is 0 Å². The molecule has 0 saturated carbocycles. The number of benzene rings is 1. The van der Waals surface area contributed by atoms with Crippen molar-refractivity contribution in [1.82, 2.24) is 5.32 Å². The molecule has 0 aliphatic carbocycles. The molecule has 0 aromatic heterocycles. The Morgan fingerprint density at radius 2 is 2.24 bits per heavy atom. The molecule has 17 heavy (non-hydrogen) atoms. The first-order valence-corrected chi connectivity index (χ1v) is 7.01. The number of rotatable bonds is 4. The molecule has 1 atom stereocenters. The normalized spacial score (nSPS) is 20.2. The van der Waals surface area contributed by atoms with Gasteiger partial charge in [-0.15, -0.1) is 0 Å². The molecule has 3 heteroatoms. The summed E-state index contributed by atoms with van der Waals surface area (Å²) in [6.07, 6.45) is 3.66. The van der Waals surface area contributed by atoms with E-state index in [0.29, 0.717) is 24.5 Å². The minimum atomic E-state index is 0.352. The van der Waals surface area contributed by atoms with Crippen LogP contribution in [-0.2, 0) is 11.2 Å². The molecule has 2 nitrogen and oxygen atoms in total. The molecular formula is C14H18BrNO. The van der Waals surface area contributed by atoms with Crippen LogP contribution in [0.25, 0.3) is 0 Å². The van der Waals surface area contributed by atoms with Crippen LogP contribution in [0.5, 0.6) is 0 Å². The van der Waals surface area contributed by atoms with Gasteiger partial charge in [-0.25, -0.2) is 0 Å². The molecule has 0 amide bonds. The Balaban J connectivity index is 1.86. The van der Waals surface area contributed by atoms with Crippen molar-refractivity contribution >= 4 is 21.7 Å². The third-order valence-electron chi connectivity index (χ3n) is 3.26. The maximum Gasteiger partial charge on any atom is 0.137 e. The largest absolute Gasteiger partial charge is 0.316 e. The summed E-state index contributed by atoms with van der Waals surface area (Å²) in [5.41, 5.74) is 1.10. The van der Waals surface area contributed by atoms with Crippen molar-refractivity contribution < 1.29 is 4.79 Å². The van der Waals surface area contributed by atoms with Crippen LogP contribution >= 0.6 is 15.9 Å². The first kappa shape index (κ1) is 12.8. The second-order valence-corrected chi connectivity index (χ2v) is 5.58. The number of Topliss-reactive ketones (excluding diaryl/α,β-unsaturated/α-hetero) is 1. The molecule has 1 aliphatic heterocycles. The molecule has 1 unspecified atom stereocenters. The van der Waals surface area contributed by atoms with Gasteiger partial charge < -0.3 is 5.32 Å². The van der Waals surface area contributed by atoms with Crippen LogP contribution in [0.1, 0.15) is 24.8 Å². The number of nitrogens with one attached hydrogen (secondary N) is 1. The molecule has 0 radical (unpaired) electrons. The minimum absolute atomic E-state index is 0.352. The van der Waals surface area contributed by atoms with Gasteiger partial charge in [0.2, 0.25) is 0 Å². The molecule has 2 rings (SSSR count). The lowest BCUT2D eigenvalue weighted by Crippen LogP contribution is -2.31. The fraction of sp³-hybridized carbons (Fsp3) is 0.500. The number of carbonyl (C=O) groups excluding carboxylic acids is 1. The van der Waals surface area contributed by atoms with Crippen molar-refractivity contribution in [2.24, 2.45) is 5.92 Å². The Morgan fingerprint density at radius 1 is 1.41 bits per heavy atom. The summed E-state index contributed by atoms with van der Waals surface area (Å²) >= 11 is 3.49. The standard InChI is InChI=1S/C14H18BrNO/c15-14-6-2-1-5-12(14)9-13(17)8-11-4-3-7-16-10-11/h1-2,5-6,11,16H,3-4,7-10H2. The van der Waals surface area contributed by atoms with Crippen LogP contribution in [-0.4, -0.2) is 18.9 Å². The van der Waals surface area contributed by atoms with Crippen molar-refractivity contribution in [2.45, 2.75) is 25.7 Å². The van der Waals surface area contributed by atoms with E-state index in [9.17, 15) is 4.79 Å². The highest BCUT2D eigenvalue weighted by atomic mass is 79.9. The van der Waals surface area contributed by atoms with Crippen molar-refractivity contribution in [2.75, 3.05) is 13.1 Å². The number of ketones is 1. The lowest BCUT2D eigenvalue weighted by atomic mass is 9.92. The third-order valence-corrected chi connectivity index (χ3v) is 4.03. The Morgan fingerprint density at radius 3 is 2.94 bits per heavy atom. The summed E-state index contributed by atoms with van der Waals surface area (Å²) in [7, 11) is 0. The highest BCUT2D eigenvalue weighted by Crippen LogP contribution is 2.19. The zero-order chi connectivity index (χ0) is 12.1. The van der Waals surface area contributed by atoms with E-state index in [0.717, 1.165) is 23.1 Å². The smallest absolute Gasteiger partial charge is 0.137 e. The van der Waals surface area contributed by atoms with E-state index in [1.54, 1.807) is 0 Å². The number of halogens is 1. The number of hydrogen-bond donors (Lipinski definition) is 1. The molecule has 1 aromatic rings. The zero-order valence-electron chi connectivity index (χ0n) is 9.92. The maximum absolute atomic E-state index is 12.0. The van der Waals surface area contributed by atoms with Gasteiger partial charge in [0.05, 0.1) is 0 Å². The second-order valence-electron chi connectivity index (χ2n) is 4.72. The fourth-order valence-electron chi connectivity index (χ4n) is 2.35. The zero-order valence-corrected chi connectivity index (χ0v) is 11.5. The van der Waals surface area contributed by atoms with E-state index in [-0.39, 0.29) is 0 Å². The lowest BCUT2D eigenvalue weighted by molar-refractivity contribution is -0.119. The van der Waals surface area contributed by atoms with E-state index in [2.05, 4.69) is 21.2 Å². The summed E-state index contributed by atoms with van der Waals surface area (Å²) in [6.45, 7) is 2.11. The Kier molecular flexibility index (Phi) is 4.75. The third kappa shape index (κ3) is 3.93. The van der Waals surface area contributed by atoms with E-state index < -0.39 is 0 Å². The average Bonchev–Trinajstić information content (AvgIpc) is 2.33. The van der Waals surface area contributed by atoms with Crippen LogP contribution in [0, 0.1) is 5.92 Å². The number of hydrogen-bond acceptors (Lipinski definition) is 2. The predicted octanol–water partition coefficient (Wildman–Crippen LogP) is 2.95. The van der Waals surface area contributed by atoms with Gasteiger partial charge in [0, 0.05) is 17.3 Å². The van der Waals surface area contributed by atoms with E-state index in [1.807, 2.05) is 24.3 Å². The van der Waals surface area contributed by atoms with Gasteiger partial charge in [0.15, 0.2) is 0 Å². The molecule has 1 fully saturated rings. The molecular weight excluding hydrogens is 278 g/mol. The van der Waals surface area contributed by atoms with Crippen molar-refractivity contribution in [3.8, 4) is 0 Å². The Hall–Kier alpha value is -0.670. The highest BCUT2D eigenvalue weighted by Gasteiger charge is 2.17. The molecule has 0 spiro atoms. The SMILES string of the molecule is O=C(Cc1ccccc1Br)CC1CCCNC1. The van der Waals surface area contributed by atoms with E-state index >= 15 is 0 Å².